The SMILES string of the molecule is O=C(N[C@H](Cc1ccc(O)cc1)C(=O)O)C1COCCN1. The van der Waals surface area contributed by atoms with Crippen LogP contribution in [-0.2, 0) is 20.7 Å². The number of phenolic OH excluding ortho intramolecular Hbond substituents is 1. The number of carbonyl (C=O) groups is 2. The molecule has 1 fully saturated rings. The number of ether oxygens (including phenoxy) is 1. The Bertz CT molecular complexity index is 497. The van der Waals surface area contributed by atoms with Crippen LogP contribution in [0.15, 0.2) is 24.3 Å². The van der Waals surface area contributed by atoms with Gasteiger partial charge in [-0.3, -0.25) is 4.79 Å². The first-order chi connectivity index (χ1) is 10.1. The zero-order valence-corrected chi connectivity index (χ0v) is 11.4. The zero-order valence-electron chi connectivity index (χ0n) is 11.4. The van der Waals surface area contributed by atoms with Crippen LogP contribution in [-0.4, -0.2) is 53.9 Å². The number of hydrogen-bond donors (Lipinski definition) is 4. The van der Waals surface area contributed by atoms with Crippen molar-refractivity contribution in [2.24, 2.45) is 0 Å². The van der Waals surface area contributed by atoms with Crippen LogP contribution in [0.4, 0.5) is 0 Å². The minimum absolute atomic E-state index is 0.109. The van der Waals surface area contributed by atoms with Crippen LogP contribution in [0.1, 0.15) is 5.56 Å². The van der Waals surface area contributed by atoms with E-state index in [2.05, 4.69) is 10.6 Å². The number of rotatable bonds is 5. The summed E-state index contributed by atoms with van der Waals surface area (Å²) in [5.41, 5.74) is 0.716. The van der Waals surface area contributed by atoms with E-state index in [1.165, 1.54) is 12.1 Å². The van der Waals surface area contributed by atoms with E-state index in [4.69, 9.17) is 4.74 Å². The molecule has 4 N–H and O–H groups in total. The van der Waals surface area contributed by atoms with E-state index in [1.54, 1.807) is 12.1 Å². The van der Waals surface area contributed by atoms with Crippen LogP contribution in [0.3, 0.4) is 0 Å². The fourth-order valence-electron chi connectivity index (χ4n) is 2.07. The molecule has 7 nitrogen and oxygen atoms in total. The Hall–Kier alpha value is -2.12. The van der Waals surface area contributed by atoms with Gasteiger partial charge in [-0.2, -0.15) is 0 Å². The maximum atomic E-state index is 12.0. The molecular weight excluding hydrogens is 276 g/mol. The lowest BCUT2D eigenvalue weighted by Crippen LogP contribution is -2.55. The van der Waals surface area contributed by atoms with Gasteiger partial charge in [0, 0.05) is 13.0 Å². The smallest absolute Gasteiger partial charge is 0.326 e. The number of hydrogen-bond acceptors (Lipinski definition) is 5. The fraction of sp³-hybridized carbons (Fsp3) is 0.429. The monoisotopic (exact) mass is 294 g/mol. The second-order valence-electron chi connectivity index (χ2n) is 4.85. The number of carbonyl (C=O) groups excluding carboxylic acids is 1. The van der Waals surface area contributed by atoms with Crippen molar-refractivity contribution in [3.63, 3.8) is 0 Å². The minimum atomic E-state index is -1.10. The summed E-state index contributed by atoms with van der Waals surface area (Å²) in [6, 6.07) is 4.66. The quantitative estimate of drug-likeness (QED) is 0.583. The minimum Gasteiger partial charge on any atom is -0.508 e. The number of carboxylic acid groups (broad SMARTS) is 1. The third-order valence-corrected chi connectivity index (χ3v) is 3.23. The molecule has 1 aliphatic rings. The number of benzene rings is 1. The molecular formula is C14H18N2O5. The number of morpholine rings is 1. The Balaban J connectivity index is 1.96. The van der Waals surface area contributed by atoms with Crippen LogP contribution in [0, 0.1) is 0 Å². The lowest BCUT2D eigenvalue weighted by molar-refractivity contribution is -0.142. The summed E-state index contributed by atoms with van der Waals surface area (Å²) in [7, 11) is 0. The Labute approximate surface area is 121 Å². The van der Waals surface area contributed by atoms with Crippen LogP contribution >= 0.6 is 0 Å². The molecule has 0 aromatic heterocycles. The van der Waals surface area contributed by atoms with Crippen molar-refractivity contribution in [3.8, 4) is 5.75 Å². The summed E-state index contributed by atoms with van der Waals surface area (Å²) in [4.78, 5) is 23.3. The van der Waals surface area contributed by atoms with Gasteiger partial charge in [-0.05, 0) is 17.7 Å². The molecule has 1 aromatic carbocycles. The molecule has 0 spiro atoms. The van der Waals surface area contributed by atoms with E-state index in [0.29, 0.717) is 18.7 Å². The standard InChI is InChI=1S/C14H18N2O5/c17-10-3-1-9(2-4-10)7-11(14(19)20)16-13(18)12-8-21-6-5-15-12/h1-4,11-12,15,17H,5-8H2,(H,16,18)(H,19,20)/t11-,12?/m1/s1. The summed E-state index contributed by atoms with van der Waals surface area (Å²) in [5, 5.41) is 23.9. The molecule has 21 heavy (non-hydrogen) atoms. The van der Waals surface area contributed by atoms with Gasteiger partial charge in [-0.25, -0.2) is 4.79 Å². The Morgan fingerprint density at radius 1 is 1.38 bits per heavy atom. The van der Waals surface area contributed by atoms with Gasteiger partial charge in [0.05, 0.1) is 13.2 Å². The van der Waals surface area contributed by atoms with E-state index < -0.39 is 18.1 Å². The Kier molecular flexibility index (Phi) is 5.13. The largest absolute Gasteiger partial charge is 0.508 e. The third kappa shape index (κ3) is 4.44. The van der Waals surface area contributed by atoms with Crippen molar-refractivity contribution in [1.82, 2.24) is 10.6 Å². The Morgan fingerprint density at radius 2 is 2.10 bits per heavy atom. The molecule has 1 unspecified atom stereocenters. The summed E-state index contributed by atoms with van der Waals surface area (Å²) in [5.74, 6) is -1.38. The van der Waals surface area contributed by atoms with Crippen molar-refractivity contribution in [2.75, 3.05) is 19.8 Å². The fourth-order valence-corrected chi connectivity index (χ4v) is 2.07. The van der Waals surface area contributed by atoms with Gasteiger partial charge in [0.1, 0.15) is 17.8 Å². The number of carboxylic acids is 1. The molecule has 0 bridgehead atoms. The zero-order chi connectivity index (χ0) is 15.2. The van der Waals surface area contributed by atoms with Crippen molar-refractivity contribution in [1.29, 1.82) is 0 Å². The topological polar surface area (TPSA) is 108 Å². The number of nitrogens with one attached hydrogen (secondary N) is 2. The number of aromatic hydroxyl groups is 1. The first-order valence-corrected chi connectivity index (χ1v) is 6.68. The summed E-state index contributed by atoms with van der Waals surface area (Å²) < 4.78 is 5.18. The summed E-state index contributed by atoms with van der Waals surface area (Å²) in [6.45, 7) is 1.34. The molecule has 0 saturated carbocycles. The number of phenols is 1. The predicted octanol–water partition coefficient (Wildman–Crippen LogP) is -0.507. The lowest BCUT2D eigenvalue weighted by atomic mass is 10.1. The number of amides is 1. The highest BCUT2D eigenvalue weighted by Crippen LogP contribution is 2.11. The first-order valence-electron chi connectivity index (χ1n) is 6.68. The van der Waals surface area contributed by atoms with Gasteiger partial charge in [-0.15, -0.1) is 0 Å². The molecule has 0 radical (unpaired) electrons. The second-order valence-corrected chi connectivity index (χ2v) is 4.85. The highest BCUT2D eigenvalue weighted by atomic mass is 16.5. The Morgan fingerprint density at radius 3 is 2.67 bits per heavy atom. The molecule has 1 heterocycles. The van der Waals surface area contributed by atoms with Crippen molar-refractivity contribution in [3.05, 3.63) is 29.8 Å². The average molecular weight is 294 g/mol. The molecule has 1 saturated heterocycles. The van der Waals surface area contributed by atoms with Gasteiger partial charge < -0.3 is 25.6 Å². The molecule has 1 aliphatic heterocycles. The van der Waals surface area contributed by atoms with Crippen LogP contribution in [0.5, 0.6) is 5.75 Å². The molecule has 7 heteroatoms. The van der Waals surface area contributed by atoms with Gasteiger partial charge in [0.2, 0.25) is 5.91 Å². The van der Waals surface area contributed by atoms with Gasteiger partial charge in [0.25, 0.3) is 0 Å². The van der Waals surface area contributed by atoms with Crippen LogP contribution < -0.4 is 10.6 Å². The molecule has 0 aliphatic carbocycles. The van der Waals surface area contributed by atoms with Gasteiger partial charge in [-0.1, -0.05) is 12.1 Å². The van der Waals surface area contributed by atoms with E-state index in [1.807, 2.05) is 0 Å². The van der Waals surface area contributed by atoms with Crippen molar-refractivity contribution >= 4 is 11.9 Å². The second kappa shape index (κ2) is 7.05. The number of aliphatic carboxylic acids is 1. The maximum Gasteiger partial charge on any atom is 0.326 e. The molecule has 114 valence electrons. The summed E-state index contributed by atoms with van der Waals surface area (Å²) >= 11 is 0. The van der Waals surface area contributed by atoms with E-state index in [-0.39, 0.29) is 24.7 Å². The highest BCUT2D eigenvalue weighted by molar-refractivity contribution is 5.87. The molecule has 1 aromatic rings. The molecule has 1 amide bonds. The predicted molar refractivity (Wildman–Crippen MR) is 74.0 cm³/mol. The van der Waals surface area contributed by atoms with Gasteiger partial charge >= 0.3 is 5.97 Å². The normalized spacial score (nSPS) is 19.7. The van der Waals surface area contributed by atoms with Crippen LogP contribution in [0.2, 0.25) is 0 Å². The van der Waals surface area contributed by atoms with E-state index in [0.717, 1.165) is 0 Å². The third-order valence-electron chi connectivity index (χ3n) is 3.23. The first kappa shape index (κ1) is 15.3. The highest BCUT2D eigenvalue weighted by Gasteiger charge is 2.26. The van der Waals surface area contributed by atoms with E-state index in [9.17, 15) is 19.8 Å². The molecule has 2 rings (SSSR count). The van der Waals surface area contributed by atoms with Gasteiger partial charge in [0.15, 0.2) is 0 Å². The van der Waals surface area contributed by atoms with Crippen molar-refractivity contribution < 1.29 is 24.5 Å². The molecule has 2 atom stereocenters. The maximum absolute atomic E-state index is 12.0. The van der Waals surface area contributed by atoms with Crippen molar-refractivity contribution in [2.45, 2.75) is 18.5 Å². The van der Waals surface area contributed by atoms with E-state index >= 15 is 0 Å². The lowest BCUT2D eigenvalue weighted by Gasteiger charge is -2.24. The van der Waals surface area contributed by atoms with Crippen LogP contribution in [0.25, 0.3) is 0 Å². The summed E-state index contributed by atoms with van der Waals surface area (Å²) in [6.07, 6.45) is 0.148. The average Bonchev–Trinajstić information content (AvgIpc) is 2.49.